The Kier molecular flexibility index (Phi) is 4.28. The molecule has 2 aliphatic heterocycles. The van der Waals surface area contributed by atoms with Gasteiger partial charge in [0.25, 0.3) is 0 Å². The van der Waals surface area contributed by atoms with Crippen LogP contribution in [0.2, 0.25) is 0 Å². The van der Waals surface area contributed by atoms with E-state index < -0.39 is 0 Å². The summed E-state index contributed by atoms with van der Waals surface area (Å²) in [6, 6.07) is 0. The first-order valence-corrected chi connectivity index (χ1v) is 7.19. The molecule has 1 atom stereocenters. The van der Waals surface area contributed by atoms with Crippen molar-refractivity contribution in [2.45, 2.75) is 6.42 Å². The maximum Gasteiger partial charge on any atom is 0.223 e. The van der Waals surface area contributed by atoms with Gasteiger partial charge in [0.15, 0.2) is 0 Å². The summed E-state index contributed by atoms with van der Waals surface area (Å²) < 4.78 is 0. The maximum atomic E-state index is 11.7. The molecule has 5 nitrogen and oxygen atoms in total. The number of nitrogens with zero attached hydrogens (tertiary/aromatic N) is 2. The van der Waals surface area contributed by atoms with Crippen LogP contribution in [0.15, 0.2) is 0 Å². The number of thioether (sulfide) groups is 1. The van der Waals surface area contributed by atoms with Gasteiger partial charge in [0, 0.05) is 50.7 Å². The van der Waals surface area contributed by atoms with Crippen LogP contribution >= 0.6 is 11.8 Å². The van der Waals surface area contributed by atoms with Gasteiger partial charge in [-0.25, -0.2) is 0 Å². The van der Waals surface area contributed by atoms with Crippen molar-refractivity contribution in [3.05, 3.63) is 0 Å². The zero-order valence-electron chi connectivity index (χ0n) is 9.93. The lowest BCUT2D eigenvalue weighted by Gasteiger charge is -2.28. The highest BCUT2D eigenvalue weighted by Gasteiger charge is 2.32. The third-order valence-electron chi connectivity index (χ3n) is 3.41. The van der Waals surface area contributed by atoms with Crippen LogP contribution in [0.5, 0.6) is 0 Å². The van der Waals surface area contributed by atoms with Crippen LogP contribution in [0.4, 0.5) is 0 Å². The second-order valence-corrected chi connectivity index (χ2v) is 5.82. The van der Waals surface area contributed by atoms with Crippen LogP contribution in [0.3, 0.4) is 0 Å². The van der Waals surface area contributed by atoms with Crippen LogP contribution in [-0.4, -0.2) is 65.8 Å². The Morgan fingerprint density at radius 1 is 1.35 bits per heavy atom. The van der Waals surface area contributed by atoms with E-state index in [1.165, 1.54) is 11.5 Å². The normalized spacial score (nSPS) is 26.5. The molecule has 0 aromatic carbocycles. The molecule has 2 rings (SSSR count). The van der Waals surface area contributed by atoms with Gasteiger partial charge in [-0.05, 0) is 0 Å². The summed E-state index contributed by atoms with van der Waals surface area (Å²) in [4.78, 5) is 26.8. The minimum absolute atomic E-state index is 0.0696. The molecule has 0 saturated carbocycles. The standard InChI is InChI=1S/C11H19N3O2S/c12-11(16)9-7-10(15)14(8-9)2-1-13-3-5-17-6-4-13/h9H,1-8H2,(H2,12,16). The van der Waals surface area contributed by atoms with E-state index in [-0.39, 0.29) is 17.7 Å². The molecule has 2 saturated heterocycles. The Balaban J connectivity index is 1.75. The first-order chi connectivity index (χ1) is 8.16. The number of primary amides is 1. The SMILES string of the molecule is NC(=O)C1CC(=O)N(CCN2CCSCC2)C1. The zero-order valence-corrected chi connectivity index (χ0v) is 10.7. The lowest BCUT2D eigenvalue weighted by atomic mass is 10.1. The third-order valence-corrected chi connectivity index (χ3v) is 4.35. The fourth-order valence-electron chi connectivity index (χ4n) is 2.27. The zero-order chi connectivity index (χ0) is 12.3. The molecule has 96 valence electrons. The van der Waals surface area contributed by atoms with Crippen molar-refractivity contribution in [2.24, 2.45) is 11.7 Å². The average Bonchev–Trinajstić information content (AvgIpc) is 2.70. The summed E-state index contributed by atoms with van der Waals surface area (Å²) in [6.45, 7) is 4.36. The molecule has 0 radical (unpaired) electrons. The van der Waals surface area contributed by atoms with E-state index in [0.717, 1.165) is 26.2 Å². The highest BCUT2D eigenvalue weighted by molar-refractivity contribution is 7.99. The largest absolute Gasteiger partial charge is 0.369 e. The van der Waals surface area contributed by atoms with Gasteiger partial charge in [-0.1, -0.05) is 0 Å². The monoisotopic (exact) mass is 257 g/mol. The Morgan fingerprint density at radius 3 is 2.65 bits per heavy atom. The van der Waals surface area contributed by atoms with E-state index in [9.17, 15) is 9.59 Å². The summed E-state index contributed by atoms with van der Waals surface area (Å²) in [5.41, 5.74) is 5.23. The predicted molar refractivity (Wildman–Crippen MR) is 67.6 cm³/mol. The molecule has 2 aliphatic rings. The van der Waals surface area contributed by atoms with E-state index in [4.69, 9.17) is 5.73 Å². The van der Waals surface area contributed by atoms with Gasteiger partial charge < -0.3 is 10.6 Å². The Bertz CT molecular complexity index is 305. The average molecular weight is 257 g/mol. The Labute approximate surface area is 106 Å². The Hall–Kier alpha value is -0.750. The number of rotatable bonds is 4. The molecule has 0 aromatic heterocycles. The van der Waals surface area contributed by atoms with Crippen molar-refractivity contribution >= 4 is 23.6 Å². The maximum absolute atomic E-state index is 11.7. The van der Waals surface area contributed by atoms with Gasteiger partial charge in [-0.15, -0.1) is 0 Å². The van der Waals surface area contributed by atoms with Crippen LogP contribution < -0.4 is 5.73 Å². The van der Waals surface area contributed by atoms with Crippen molar-refractivity contribution in [2.75, 3.05) is 44.2 Å². The second kappa shape index (κ2) is 5.73. The molecule has 0 aliphatic carbocycles. The van der Waals surface area contributed by atoms with Gasteiger partial charge in [-0.3, -0.25) is 14.5 Å². The van der Waals surface area contributed by atoms with Crippen molar-refractivity contribution in [1.82, 2.24) is 9.80 Å². The molecule has 0 aromatic rings. The third kappa shape index (κ3) is 3.35. The van der Waals surface area contributed by atoms with E-state index in [0.29, 0.717) is 13.0 Å². The van der Waals surface area contributed by atoms with Crippen LogP contribution in [0, 0.1) is 5.92 Å². The molecule has 2 fully saturated rings. The molecular formula is C11H19N3O2S. The van der Waals surface area contributed by atoms with E-state index in [2.05, 4.69) is 4.90 Å². The van der Waals surface area contributed by atoms with E-state index in [1.54, 1.807) is 4.90 Å². The van der Waals surface area contributed by atoms with Gasteiger partial charge >= 0.3 is 0 Å². The van der Waals surface area contributed by atoms with E-state index >= 15 is 0 Å². The molecular weight excluding hydrogens is 238 g/mol. The number of amides is 2. The minimum atomic E-state index is -0.352. The van der Waals surface area contributed by atoms with Crippen molar-refractivity contribution in [3.63, 3.8) is 0 Å². The summed E-state index contributed by atoms with van der Waals surface area (Å²) in [6.07, 6.45) is 0.297. The topological polar surface area (TPSA) is 66.6 Å². The highest BCUT2D eigenvalue weighted by atomic mass is 32.2. The van der Waals surface area contributed by atoms with Gasteiger partial charge in [0.1, 0.15) is 0 Å². The van der Waals surface area contributed by atoms with Crippen molar-refractivity contribution in [3.8, 4) is 0 Å². The van der Waals surface area contributed by atoms with Crippen LogP contribution in [-0.2, 0) is 9.59 Å². The van der Waals surface area contributed by atoms with Crippen LogP contribution in [0.1, 0.15) is 6.42 Å². The van der Waals surface area contributed by atoms with Gasteiger partial charge in [0.2, 0.25) is 11.8 Å². The van der Waals surface area contributed by atoms with E-state index in [1.807, 2.05) is 11.8 Å². The minimum Gasteiger partial charge on any atom is -0.369 e. The van der Waals surface area contributed by atoms with Crippen molar-refractivity contribution in [1.29, 1.82) is 0 Å². The molecule has 2 heterocycles. The number of carbonyl (C=O) groups is 2. The van der Waals surface area contributed by atoms with Gasteiger partial charge in [0.05, 0.1) is 5.92 Å². The molecule has 2 amide bonds. The van der Waals surface area contributed by atoms with Crippen LogP contribution in [0.25, 0.3) is 0 Å². The predicted octanol–water partition coefficient (Wildman–Crippen LogP) is -0.631. The fraction of sp³-hybridized carbons (Fsp3) is 0.818. The molecule has 6 heteroatoms. The number of hydrogen-bond acceptors (Lipinski definition) is 4. The summed E-state index contributed by atoms with van der Waals surface area (Å²) >= 11 is 1.98. The number of hydrogen-bond donors (Lipinski definition) is 1. The number of nitrogens with two attached hydrogens (primary N) is 1. The lowest BCUT2D eigenvalue weighted by molar-refractivity contribution is -0.128. The number of carbonyl (C=O) groups excluding carboxylic acids is 2. The summed E-state index contributed by atoms with van der Waals surface area (Å²) in [7, 11) is 0. The quantitative estimate of drug-likeness (QED) is 0.728. The first-order valence-electron chi connectivity index (χ1n) is 6.04. The molecule has 2 N–H and O–H groups in total. The molecule has 0 spiro atoms. The van der Waals surface area contributed by atoms with Crippen molar-refractivity contribution < 1.29 is 9.59 Å². The summed E-state index contributed by atoms with van der Waals surface area (Å²) in [5, 5.41) is 0. The number of likely N-dealkylation sites (tertiary alicyclic amines) is 1. The molecule has 1 unspecified atom stereocenters. The highest BCUT2D eigenvalue weighted by Crippen LogP contribution is 2.17. The molecule has 17 heavy (non-hydrogen) atoms. The molecule has 0 bridgehead atoms. The first kappa shape index (κ1) is 12.7. The summed E-state index contributed by atoms with van der Waals surface area (Å²) in [5.74, 6) is 1.80. The smallest absolute Gasteiger partial charge is 0.223 e. The Morgan fingerprint density at radius 2 is 2.06 bits per heavy atom. The second-order valence-electron chi connectivity index (χ2n) is 4.60. The fourth-order valence-corrected chi connectivity index (χ4v) is 3.24. The van der Waals surface area contributed by atoms with Gasteiger partial charge in [-0.2, -0.15) is 11.8 Å². The lowest BCUT2D eigenvalue weighted by Crippen LogP contribution is -2.40.